The van der Waals surface area contributed by atoms with Crippen LogP contribution in [-0.4, -0.2) is 4.98 Å². The van der Waals surface area contributed by atoms with E-state index in [-0.39, 0.29) is 0 Å². The van der Waals surface area contributed by atoms with Gasteiger partial charge in [-0.15, -0.1) is 0 Å². The molecule has 0 aliphatic heterocycles. The van der Waals surface area contributed by atoms with Crippen LogP contribution in [0, 0.1) is 6.92 Å². The predicted octanol–water partition coefficient (Wildman–Crippen LogP) is 3.89. The lowest BCUT2D eigenvalue weighted by Crippen LogP contribution is -1.95. The summed E-state index contributed by atoms with van der Waals surface area (Å²) in [7, 11) is 0. The van der Waals surface area contributed by atoms with E-state index in [2.05, 4.69) is 35.3 Å². The lowest BCUT2D eigenvalue weighted by Gasteiger charge is -2.11. The molecule has 0 saturated heterocycles. The largest absolute Gasteiger partial charge is 0.397 e. The van der Waals surface area contributed by atoms with Crippen molar-refractivity contribution in [1.29, 1.82) is 0 Å². The Balaban J connectivity index is 2.06. The summed E-state index contributed by atoms with van der Waals surface area (Å²) in [5.41, 5.74) is 13.0. The molecule has 98 valence electrons. The average molecular weight is 260 g/mol. The molecule has 1 aliphatic carbocycles. The molecule has 4 rings (SSSR count). The van der Waals surface area contributed by atoms with Crippen molar-refractivity contribution < 1.29 is 0 Å². The number of anilines is 1. The van der Waals surface area contributed by atoms with Crippen molar-refractivity contribution >= 4 is 16.5 Å². The van der Waals surface area contributed by atoms with E-state index in [1.807, 2.05) is 19.2 Å². The zero-order valence-electron chi connectivity index (χ0n) is 11.5. The second-order valence-electron chi connectivity index (χ2n) is 5.56. The Morgan fingerprint density at radius 3 is 2.65 bits per heavy atom. The minimum atomic E-state index is 0.753. The molecular weight excluding hydrogens is 244 g/mol. The number of aryl methyl sites for hydroxylation is 3. The summed E-state index contributed by atoms with van der Waals surface area (Å²) < 4.78 is 0. The number of hydrogen-bond acceptors (Lipinski definition) is 2. The Morgan fingerprint density at radius 1 is 1.05 bits per heavy atom. The Morgan fingerprint density at radius 2 is 1.85 bits per heavy atom. The molecule has 3 aromatic rings. The highest BCUT2D eigenvalue weighted by molar-refractivity contribution is 6.02. The number of aromatic nitrogens is 1. The summed E-state index contributed by atoms with van der Waals surface area (Å²) in [5.74, 6) is 0. The highest BCUT2D eigenvalue weighted by atomic mass is 14.7. The molecule has 0 unspecified atom stereocenters. The Hall–Kier alpha value is -2.35. The van der Waals surface area contributed by atoms with Gasteiger partial charge in [0.25, 0.3) is 0 Å². The van der Waals surface area contributed by atoms with Gasteiger partial charge in [-0.25, -0.2) is 0 Å². The third-order valence-electron chi connectivity index (χ3n) is 4.19. The van der Waals surface area contributed by atoms with Crippen molar-refractivity contribution in [3.05, 3.63) is 59.3 Å². The second kappa shape index (κ2) is 4.07. The summed E-state index contributed by atoms with van der Waals surface area (Å²) in [4.78, 5) is 4.55. The molecule has 1 aliphatic rings. The van der Waals surface area contributed by atoms with Crippen LogP contribution >= 0.6 is 0 Å². The molecule has 0 spiro atoms. The number of nitrogens with two attached hydrogens (primary N) is 1. The molecule has 0 fully saturated rings. The van der Waals surface area contributed by atoms with Crippen LogP contribution in [0.4, 0.5) is 5.69 Å². The molecule has 20 heavy (non-hydrogen) atoms. The topological polar surface area (TPSA) is 38.9 Å². The Labute approximate surface area is 118 Å². The first-order valence-corrected chi connectivity index (χ1v) is 7.00. The minimum Gasteiger partial charge on any atom is -0.397 e. The molecule has 2 heteroatoms. The SMILES string of the molecule is Cc1cnc(-c2ccc3c4c(cccc24)CC3)c(N)c1. The first-order valence-electron chi connectivity index (χ1n) is 7.00. The van der Waals surface area contributed by atoms with Crippen LogP contribution in [-0.2, 0) is 12.8 Å². The van der Waals surface area contributed by atoms with Gasteiger partial charge in [-0.3, -0.25) is 4.98 Å². The van der Waals surface area contributed by atoms with Gasteiger partial charge in [0.2, 0.25) is 0 Å². The van der Waals surface area contributed by atoms with Crippen molar-refractivity contribution in [2.45, 2.75) is 19.8 Å². The second-order valence-corrected chi connectivity index (χ2v) is 5.56. The molecule has 0 radical (unpaired) electrons. The average Bonchev–Trinajstić information content (AvgIpc) is 2.86. The normalized spacial score (nSPS) is 13.1. The van der Waals surface area contributed by atoms with Gasteiger partial charge >= 0.3 is 0 Å². The molecular formula is C18H16N2. The minimum absolute atomic E-state index is 0.753. The van der Waals surface area contributed by atoms with Gasteiger partial charge in [-0.1, -0.05) is 30.3 Å². The Bertz CT molecular complexity index is 824. The molecule has 2 nitrogen and oxygen atoms in total. The van der Waals surface area contributed by atoms with Gasteiger partial charge in [0.05, 0.1) is 11.4 Å². The lowest BCUT2D eigenvalue weighted by atomic mass is 9.97. The van der Waals surface area contributed by atoms with E-state index in [0.29, 0.717) is 0 Å². The van der Waals surface area contributed by atoms with E-state index < -0.39 is 0 Å². The summed E-state index contributed by atoms with van der Waals surface area (Å²) in [6, 6.07) is 12.9. The number of nitrogen functional groups attached to an aromatic ring is 1. The van der Waals surface area contributed by atoms with Crippen molar-refractivity contribution in [2.24, 2.45) is 0 Å². The number of benzene rings is 2. The van der Waals surface area contributed by atoms with Crippen molar-refractivity contribution in [3.63, 3.8) is 0 Å². The smallest absolute Gasteiger partial charge is 0.0937 e. The summed E-state index contributed by atoms with van der Waals surface area (Å²) in [6.45, 7) is 2.01. The molecule has 0 saturated carbocycles. The van der Waals surface area contributed by atoms with Gasteiger partial charge in [-0.05, 0) is 53.3 Å². The number of hydrogen-bond donors (Lipinski definition) is 1. The molecule has 0 amide bonds. The standard InChI is InChI=1S/C18H16N2/c1-11-9-16(19)18(20-10-11)15-8-7-13-6-5-12-3-2-4-14(15)17(12)13/h2-4,7-10H,5-6,19H2,1H3. The van der Waals surface area contributed by atoms with Crippen LogP contribution in [0.15, 0.2) is 42.6 Å². The fourth-order valence-corrected chi connectivity index (χ4v) is 3.27. The van der Waals surface area contributed by atoms with Crippen LogP contribution in [0.3, 0.4) is 0 Å². The highest BCUT2D eigenvalue weighted by Gasteiger charge is 2.17. The monoisotopic (exact) mass is 260 g/mol. The fraction of sp³-hybridized carbons (Fsp3) is 0.167. The van der Waals surface area contributed by atoms with Gasteiger partial charge in [0.15, 0.2) is 0 Å². The maximum absolute atomic E-state index is 6.17. The third kappa shape index (κ3) is 1.54. The number of rotatable bonds is 1. The van der Waals surface area contributed by atoms with Gasteiger partial charge in [0, 0.05) is 11.8 Å². The van der Waals surface area contributed by atoms with Crippen LogP contribution in [0.5, 0.6) is 0 Å². The van der Waals surface area contributed by atoms with E-state index in [1.54, 1.807) is 0 Å². The molecule has 2 aromatic carbocycles. The van der Waals surface area contributed by atoms with Crippen molar-refractivity contribution in [1.82, 2.24) is 4.98 Å². The molecule has 2 N–H and O–H groups in total. The first kappa shape index (κ1) is 11.5. The highest BCUT2D eigenvalue weighted by Crippen LogP contribution is 2.37. The van der Waals surface area contributed by atoms with E-state index in [0.717, 1.165) is 35.3 Å². The number of nitrogens with zero attached hydrogens (tertiary/aromatic N) is 1. The van der Waals surface area contributed by atoms with Crippen LogP contribution < -0.4 is 5.73 Å². The molecule has 1 aromatic heterocycles. The predicted molar refractivity (Wildman–Crippen MR) is 83.7 cm³/mol. The Kier molecular flexibility index (Phi) is 2.34. The van der Waals surface area contributed by atoms with Crippen molar-refractivity contribution in [2.75, 3.05) is 5.73 Å². The van der Waals surface area contributed by atoms with Gasteiger partial charge < -0.3 is 5.73 Å². The van der Waals surface area contributed by atoms with E-state index >= 15 is 0 Å². The maximum Gasteiger partial charge on any atom is 0.0937 e. The maximum atomic E-state index is 6.17. The first-order chi connectivity index (χ1) is 9.74. The van der Waals surface area contributed by atoms with E-state index in [9.17, 15) is 0 Å². The summed E-state index contributed by atoms with van der Waals surface area (Å²) >= 11 is 0. The summed E-state index contributed by atoms with van der Waals surface area (Å²) in [6.07, 6.45) is 4.18. The fourth-order valence-electron chi connectivity index (χ4n) is 3.27. The molecule has 0 bridgehead atoms. The van der Waals surface area contributed by atoms with Crippen molar-refractivity contribution in [3.8, 4) is 11.3 Å². The summed E-state index contributed by atoms with van der Waals surface area (Å²) in [5, 5.41) is 2.69. The van der Waals surface area contributed by atoms with E-state index in [4.69, 9.17) is 5.73 Å². The van der Waals surface area contributed by atoms with Crippen LogP contribution in [0.2, 0.25) is 0 Å². The molecule has 1 heterocycles. The van der Waals surface area contributed by atoms with Gasteiger partial charge in [0.1, 0.15) is 0 Å². The number of pyridine rings is 1. The zero-order chi connectivity index (χ0) is 13.7. The van der Waals surface area contributed by atoms with Crippen LogP contribution in [0.1, 0.15) is 16.7 Å². The lowest BCUT2D eigenvalue weighted by molar-refractivity contribution is 1.02. The van der Waals surface area contributed by atoms with Gasteiger partial charge in [-0.2, -0.15) is 0 Å². The molecule has 0 atom stereocenters. The quantitative estimate of drug-likeness (QED) is 0.721. The van der Waals surface area contributed by atoms with E-state index in [1.165, 1.54) is 21.9 Å². The third-order valence-corrected chi connectivity index (χ3v) is 4.19. The van der Waals surface area contributed by atoms with Crippen LogP contribution in [0.25, 0.3) is 22.0 Å². The zero-order valence-corrected chi connectivity index (χ0v) is 11.5.